The second-order valence-electron chi connectivity index (χ2n) is 7.51. The highest BCUT2D eigenvalue weighted by molar-refractivity contribution is 7.99. The summed E-state index contributed by atoms with van der Waals surface area (Å²) >= 11 is 1.61. The molecule has 1 aliphatic carbocycles. The van der Waals surface area contributed by atoms with Gasteiger partial charge >= 0.3 is 0 Å². The summed E-state index contributed by atoms with van der Waals surface area (Å²) in [6.45, 7) is 5.57. The number of amides is 1. The van der Waals surface area contributed by atoms with E-state index >= 15 is 0 Å². The van der Waals surface area contributed by atoms with Crippen LogP contribution in [-0.4, -0.2) is 72.2 Å². The second-order valence-corrected chi connectivity index (χ2v) is 8.37. The number of rotatable bonds is 5. The molecule has 0 aromatic carbocycles. The van der Waals surface area contributed by atoms with Gasteiger partial charge in [0, 0.05) is 38.7 Å². The molecule has 5 heteroatoms. The molecule has 1 spiro atoms. The molecule has 126 valence electrons. The normalized spacial score (nSPS) is 29.0. The first-order valence-electron chi connectivity index (χ1n) is 8.77. The molecular weight excluding hydrogens is 296 g/mol. The zero-order valence-corrected chi connectivity index (χ0v) is 14.6. The topological polar surface area (TPSA) is 43.8 Å². The summed E-state index contributed by atoms with van der Waals surface area (Å²) in [4.78, 5) is 16.7. The van der Waals surface area contributed by atoms with E-state index in [1.807, 2.05) is 11.2 Å². The van der Waals surface area contributed by atoms with Gasteiger partial charge < -0.3 is 14.9 Å². The lowest BCUT2D eigenvalue weighted by Gasteiger charge is -2.51. The van der Waals surface area contributed by atoms with Gasteiger partial charge in [-0.2, -0.15) is 11.8 Å². The van der Waals surface area contributed by atoms with E-state index in [0.29, 0.717) is 18.3 Å². The number of likely N-dealkylation sites (tertiary alicyclic amines) is 2. The Morgan fingerprint density at radius 1 is 1.23 bits per heavy atom. The van der Waals surface area contributed by atoms with Gasteiger partial charge in [-0.3, -0.25) is 4.79 Å². The molecule has 2 aliphatic heterocycles. The maximum atomic E-state index is 12.0. The Morgan fingerprint density at radius 2 is 1.91 bits per heavy atom. The number of carbonyl (C=O) groups is 1. The van der Waals surface area contributed by atoms with E-state index in [-0.39, 0.29) is 11.3 Å². The van der Waals surface area contributed by atoms with Gasteiger partial charge in [-0.1, -0.05) is 0 Å². The highest BCUT2D eigenvalue weighted by Gasteiger charge is 2.45. The molecular formula is C17H30N2O2S. The van der Waals surface area contributed by atoms with Crippen molar-refractivity contribution < 1.29 is 9.90 Å². The van der Waals surface area contributed by atoms with Crippen LogP contribution in [0.3, 0.4) is 0 Å². The Kier molecular flexibility index (Phi) is 5.35. The van der Waals surface area contributed by atoms with Crippen LogP contribution in [-0.2, 0) is 4.79 Å². The molecule has 1 N–H and O–H groups in total. The molecule has 4 nitrogen and oxygen atoms in total. The molecule has 0 radical (unpaired) electrons. The lowest BCUT2D eigenvalue weighted by atomic mass is 9.64. The monoisotopic (exact) mass is 326 g/mol. The molecule has 2 heterocycles. The van der Waals surface area contributed by atoms with Gasteiger partial charge in [-0.25, -0.2) is 0 Å². The zero-order chi connectivity index (χ0) is 15.6. The number of aliphatic hydroxyl groups excluding tert-OH is 1. The van der Waals surface area contributed by atoms with Crippen LogP contribution in [0, 0.1) is 17.3 Å². The van der Waals surface area contributed by atoms with Crippen molar-refractivity contribution in [3.05, 3.63) is 0 Å². The van der Waals surface area contributed by atoms with E-state index in [4.69, 9.17) is 0 Å². The molecule has 3 rings (SSSR count). The van der Waals surface area contributed by atoms with Crippen molar-refractivity contribution in [1.82, 2.24) is 9.80 Å². The first-order chi connectivity index (χ1) is 10.7. The minimum Gasteiger partial charge on any atom is -0.396 e. The summed E-state index contributed by atoms with van der Waals surface area (Å²) < 4.78 is 0. The number of hydrogen-bond donors (Lipinski definition) is 1. The van der Waals surface area contributed by atoms with Gasteiger partial charge in [0.25, 0.3) is 0 Å². The summed E-state index contributed by atoms with van der Waals surface area (Å²) in [6, 6.07) is 0. The summed E-state index contributed by atoms with van der Waals surface area (Å²) in [7, 11) is 0. The highest BCUT2D eigenvalue weighted by atomic mass is 32.2. The van der Waals surface area contributed by atoms with Crippen molar-refractivity contribution in [3.8, 4) is 0 Å². The third kappa shape index (κ3) is 3.62. The van der Waals surface area contributed by atoms with Gasteiger partial charge in [0.1, 0.15) is 0 Å². The number of aliphatic hydroxyl groups is 1. The predicted octanol–water partition coefficient (Wildman–Crippen LogP) is 1.68. The van der Waals surface area contributed by atoms with Gasteiger partial charge in [0.05, 0.1) is 5.75 Å². The molecule has 1 unspecified atom stereocenters. The van der Waals surface area contributed by atoms with E-state index in [1.165, 1.54) is 32.4 Å². The lowest BCUT2D eigenvalue weighted by Crippen LogP contribution is -2.54. The van der Waals surface area contributed by atoms with Crippen LogP contribution in [0.2, 0.25) is 0 Å². The fourth-order valence-electron chi connectivity index (χ4n) is 4.34. The van der Waals surface area contributed by atoms with Crippen molar-refractivity contribution in [3.63, 3.8) is 0 Å². The second kappa shape index (κ2) is 7.10. The van der Waals surface area contributed by atoms with E-state index in [2.05, 4.69) is 4.90 Å². The van der Waals surface area contributed by atoms with Gasteiger partial charge in [-0.05, 0) is 56.2 Å². The van der Waals surface area contributed by atoms with Gasteiger partial charge in [-0.15, -0.1) is 0 Å². The average molecular weight is 327 g/mol. The molecule has 0 aromatic heterocycles. The standard InChI is InChI=1S/C17H30N2O2S/c1-22-13-16(21)19-8-5-17(6-9-19)4-7-18(10-14-2-3-14)11-15(17)12-20/h14-15,20H,2-13H2,1H3. The fraction of sp³-hybridized carbons (Fsp3) is 0.941. The Bertz CT molecular complexity index is 392. The van der Waals surface area contributed by atoms with E-state index in [1.54, 1.807) is 11.8 Å². The summed E-state index contributed by atoms with van der Waals surface area (Å²) in [5.41, 5.74) is 0.283. The Morgan fingerprint density at radius 3 is 2.50 bits per heavy atom. The number of thioether (sulfide) groups is 1. The first kappa shape index (κ1) is 16.6. The van der Waals surface area contributed by atoms with Gasteiger partial charge in [0.2, 0.25) is 5.91 Å². The van der Waals surface area contributed by atoms with E-state index in [9.17, 15) is 9.90 Å². The molecule has 1 saturated carbocycles. The Hall–Kier alpha value is -0.260. The smallest absolute Gasteiger partial charge is 0.232 e. The fourth-order valence-corrected chi connectivity index (χ4v) is 4.77. The summed E-state index contributed by atoms with van der Waals surface area (Å²) in [5, 5.41) is 9.92. The Labute approximate surface area is 138 Å². The van der Waals surface area contributed by atoms with Crippen LogP contribution in [0.1, 0.15) is 32.1 Å². The average Bonchev–Trinajstić information content (AvgIpc) is 3.34. The zero-order valence-electron chi connectivity index (χ0n) is 13.8. The van der Waals surface area contributed by atoms with Crippen LogP contribution >= 0.6 is 11.8 Å². The summed E-state index contributed by atoms with van der Waals surface area (Å²) in [6.07, 6.45) is 8.15. The predicted molar refractivity (Wildman–Crippen MR) is 91.0 cm³/mol. The number of hydrogen-bond acceptors (Lipinski definition) is 4. The molecule has 2 saturated heterocycles. The van der Waals surface area contributed by atoms with Crippen LogP contribution in [0.5, 0.6) is 0 Å². The van der Waals surface area contributed by atoms with Crippen LogP contribution in [0.4, 0.5) is 0 Å². The van der Waals surface area contributed by atoms with Crippen molar-refractivity contribution in [2.75, 3.05) is 51.3 Å². The van der Waals surface area contributed by atoms with E-state index in [0.717, 1.165) is 38.4 Å². The van der Waals surface area contributed by atoms with Crippen LogP contribution < -0.4 is 0 Å². The number of nitrogens with zero attached hydrogens (tertiary/aromatic N) is 2. The molecule has 3 fully saturated rings. The SMILES string of the molecule is CSCC(=O)N1CCC2(CCN(CC3CC3)CC2CO)CC1. The summed E-state index contributed by atoms with van der Waals surface area (Å²) in [5.74, 6) is 2.22. The van der Waals surface area contributed by atoms with Crippen molar-refractivity contribution >= 4 is 17.7 Å². The minimum atomic E-state index is 0.283. The quantitative estimate of drug-likeness (QED) is 0.835. The van der Waals surface area contributed by atoms with Crippen molar-refractivity contribution in [1.29, 1.82) is 0 Å². The third-order valence-electron chi connectivity index (χ3n) is 6.08. The molecule has 1 atom stereocenters. The van der Waals surface area contributed by atoms with E-state index < -0.39 is 0 Å². The molecule has 3 aliphatic rings. The Balaban J connectivity index is 1.55. The van der Waals surface area contributed by atoms with Crippen LogP contribution in [0.25, 0.3) is 0 Å². The lowest BCUT2D eigenvalue weighted by molar-refractivity contribution is -0.132. The number of carbonyl (C=O) groups excluding carboxylic acids is 1. The first-order valence-corrected chi connectivity index (χ1v) is 10.2. The number of piperidine rings is 2. The molecule has 0 bridgehead atoms. The van der Waals surface area contributed by atoms with Crippen molar-refractivity contribution in [2.24, 2.45) is 17.3 Å². The van der Waals surface area contributed by atoms with Crippen LogP contribution in [0.15, 0.2) is 0 Å². The molecule has 0 aromatic rings. The highest BCUT2D eigenvalue weighted by Crippen LogP contribution is 2.45. The third-order valence-corrected chi connectivity index (χ3v) is 6.62. The maximum Gasteiger partial charge on any atom is 0.232 e. The molecule has 22 heavy (non-hydrogen) atoms. The van der Waals surface area contributed by atoms with Crippen molar-refractivity contribution in [2.45, 2.75) is 32.1 Å². The largest absolute Gasteiger partial charge is 0.396 e. The van der Waals surface area contributed by atoms with Gasteiger partial charge in [0.15, 0.2) is 0 Å². The minimum absolute atomic E-state index is 0.283. The molecule has 1 amide bonds. The maximum absolute atomic E-state index is 12.0.